The number of nitrogens with one attached hydrogen (secondary N) is 1. The minimum absolute atomic E-state index is 0.644. The number of furan rings is 1. The van der Waals surface area contributed by atoms with Crippen LogP contribution in [0.2, 0.25) is 0 Å². The molecular formula is C51H32N4OS. The van der Waals surface area contributed by atoms with Crippen LogP contribution in [0.3, 0.4) is 0 Å². The van der Waals surface area contributed by atoms with Gasteiger partial charge in [0.25, 0.3) is 0 Å². The minimum Gasteiger partial charge on any atom is -0.453 e. The molecule has 3 heterocycles. The van der Waals surface area contributed by atoms with Crippen LogP contribution in [0.25, 0.3) is 98.5 Å². The zero-order valence-electron chi connectivity index (χ0n) is 30.6. The maximum Gasteiger partial charge on any atom is 0.164 e. The van der Waals surface area contributed by atoms with Gasteiger partial charge in [0.05, 0.1) is 5.69 Å². The van der Waals surface area contributed by atoms with Gasteiger partial charge in [0, 0.05) is 70.0 Å². The quantitative estimate of drug-likeness (QED) is 0.176. The van der Waals surface area contributed by atoms with Gasteiger partial charge in [-0.15, -0.1) is 11.3 Å². The molecule has 0 atom stereocenters. The Morgan fingerprint density at radius 3 is 1.60 bits per heavy atom. The predicted molar refractivity (Wildman–Crippen MR) is 237 cm³/mol. The summed E-state index contributed by atoms with van der Waals surface area (Å²) >= 11 is 1.79. The lowest BCUT2D eigenvalue weighted by molar-refractivity contribution is 0.671. The Hall–Kier alpha value is -7.41. The fourth-order valence-electron chi connectivity index (χ4n) is 7.82. The highest BCUT2D eigenvalue weighted by atomic mass is 32.1. The van der Waals surface area contributed by atoms with E-state index < -0.39 is 0 Å². The fraction of sp³-hybridized carbons (Fsp3) is 0. The van der Waals surface area contributed by atoms with E-state index in [4.69, 9.17) is 19.4 Å². The summed E-state index contributed by atoms with van der Waals surface area (Å²) in [5.41, 5.74) is 11.0. The van der Waals surface area contributed by atoms with Crippen molar-refractivity contribution >= 4 is 64.8 Å². The van der Waals surface area contributed by atoms with E-state index in [1.54, 1.807) is 11.3 Å². The van der Waals surface area contributed by atoms with E-state index in [-0.39, 0.29) is 0 Å². The minimum atomic E-state index is 0.644. The van der Waals surface area contributed by atoms with Crippen LogP contribution in [0.15, 0.2) is 192 Å². The Morgan fingerprint density at radius 2 is 0.895 bits per heavy atom. The van der Waals surface area contributed by atoms with Crippen LogP contribution < -0.4 is 5.32 Å². The summed E-state index contributed by atoms with van der Waals surface area (Å²) in [7, 11) is 0. The van der Waals surface area contributed by atoms with Gasteiger partial charge in [-0.05, 0) is 23.8 Å². The number of benzene rings is 8. The van der Waals surface area contributed by atoms with Crippen LogP contribution >= 0.6 is 11.3 Å². The summed E-state index contributed by atoms with van der Waals surface area (Å²) < 4.78 is 9.27. The molecule has 11 rings (SSSR count). The Kier molecular flexibility index (Phi) is 7.93. The van der Waals surface area contributed by atoms with Crippen molar-refractivity contribution < 1.29 is 4.42 Å². The number of hydrogen-bond acceptors (Lipinski definition) is 6. The lowest BCUT2D eigenvalue weighted by Gasteiger charge is -2.12. The predicted octanol–water partition coefficient (Wildman–Crippen LogP) is 14.2. The summed E-state index contributed by atoms with van der Waals surface area (Å²) in [6, 6.07) is 65.0. The van der Waals surface area contributed by atoms with Gasteiger partial charge in [0.2, 0.25) is 0 Å². The molecule has 0 fully saturated rings. The first-order chi connectivity index (χ1) is 28.2. The van der Waals surface area contributed by atoms with Crippen molar-refractivity contribution in [2.75, 3.05) is 5.32 Å². The molecule has 8 aromatic carbocycles. The average molecular weight is 749 g/mol. The third-order valence-corrected chi connectivity index (χ3v) is 11.8. The first-order valence-corrected chi connectivity index (χ1v) is 19.8. The summed E-state index contributed by atoms with van der Waals surface area (Å²) in [5, 5.41) is 8.28. The number of aromatic nitrogens is 3. The van der Waals surface area contributed by atoms with Gasteiger partial charge < -0.3 is 9.73 Å². The Balaban J connectivity index is 1.02. The topological polar surface area (TPSA) is 63.8 Å². The lowest BCUT2D eigenvalue weighted by atomic mass is 10.00. The molecule has 0 unspecified atom stereocenters. The van der Waals surface area contributed by atoms with Crippen LogP contribution in [-0.2, 0) is 0 Å². The third-order valence-electron chi connectivity index (χ3n) is 10.6. The number of thiophene rings is 1. The summed E-state index contributed by atoms with van der Waals surface area (Å²) in [5.74, 6) is 1.94. The summed E-state index contributed by atoms with van der Waals surface area (Å²) in [4.78, 5) is 14.9. The van der Waals surface area contributed by atoms with Crippen LogP contribution in [0.4, 0.5) is 11.4 Å². The van der Waals surface area contributed by atoms with Crippen molar-refractivity contribution in [1.82, 2.24) is 15.0 Å². The number of nitrogens with zero attached hydrogens (tertiary/aromatic N) is 3. The molecule has 0 bridgehead atoms. The molecule has 5 nitrogen and oxygen atoms in total. The average Bonchev–Trinajstić information content (AvgIpc) is 3.86. The summed E-state index contributed by atoms with van der Waals surface area (Å²) in [6.07, 6.45) is 0. The SMILES string of the molecule is c1ccc(-c2nc(-c3ccccc3)nc(-c3ccc4c(c3)sc3c(-c5cccc6c5oc5c(Nc7ccccc7-c7ccccc7)cccc56)cccc34)n2)cc1. The number of para-hydroxylation sites is 3. The fourth-order valence-corrected chi connectivity index (χ4v) is 9.09. The third kappa shape index (κ3) is 5.82. The van der Waals surface area contributed by atoms with Gasteiger partial charge in [-0.25, -0.2) is 15.0 Å². The monoisotopic (exact) mass is 748 g/mol. The standard InChI is InChI=1S/C51H32N4OS/c1-4-15-32(16-5-1)36-21-10-11-27-43(36)52-44-28-14-24-39-38-22-12-23-40(46(38)56-47(39)44)42-26-13-25-41-37-30-29-35(31-45(37)57-48(41)42)51-54-49(33-17-6-2-7-18-33)53-50(55-51)34-19-8-3-9-20-34/h1-31,52H. The van der Waals surface area contributed by atoms with E-state index in [2.05, 4.69) is 127 Å². The molecule has 0 spiro atoms. The van der Waals surface area contributed by atoms with Crippen molar-refractivity contribution in [2.45, 2.75) is 0 Å². The number of fused-ring (bicyclic) bond motifs is 6. The molecule has 11 aromatic rings. The van der Waals surface area contributed by atoms with Crippen molar-refractivity contribution in [3.8, 4) is 56.4 Å². The second kappa shape index (κ2) is 13.7. The van der Waals surface area contributed by atoms with E-state index in [0.29, 0.717) is 17.5 Å². The van der Waals surface area contributed by atoms with E-state index >= 15 is 0 Å². The van der Waals surface area contributed by atoms with E-state index in [9.17, 15) is 0 Å². The van der Waals surface area contributed by atoms with Gasteiger partial charge in [-0.3, -0.25) is 0 Å². The molecule has 0 aliphatic carbocycles. The van der Waals surface area contributed by atoms with Crippen LogP contribution in [0, 0.1) is 0 Å². The Morgan fingerprint density at radius 1 is 0.368 bits per heavy atom. The van der Waals surface area contributed by atoms with Crippen molar-refractivity contribution in [2.24, 2.45) is 0 Å². The molecule has 6 heteroatoms. The van der Waals surface area contributed by atoms with Crippen LogP contribution in [-0.4, -0.2) is 15.0 Å². The maximum absolute atomic E-state index is 6.90. The first kappa shape index (κ1) is 33.0. The normalized spacial score (nSPS) is 11.5. The molecule has 1 N–H and O–H groups in total. The second-order valence-electron chi connectivity index (χ2n) is 14.0. The molecule has 3 aromatic heterocycles. The van der Waals surface area contributed by atoms with Crippen molar-refractivity contribution in [3.05, 3.63) is 188 Å². The Labute approximate surface area is 332 Å². The smallest absolute Gasteiger partial charge is 0.164 e. The van der Waals surface area contributed by atoms with Gasteiger partial charge >= 0.3 is 0 Å². The molecule has 0 aliphatic rings. The maximum atomic E-state index is 6.90. The van der Waals surface area contributed by atoms with Gasteiger partial charge in [0.15, 0.2) is 23.1 Å². The largest absolute Gasteiger partial charge is 0.453 e. The zero-order chi connectivity index (χ0) is 37.7. The molecule has 268 valence electrons. The Bertz CT molecular complexity index is 3210. The summed E-state index contributed by atoms with van der Waals surface area (Å²) in [6.45, 7) is 0. The van der Waals surface area contributed by atoms with Crippen LogP contribution in [0.1, 0.15) is 0 Å². The molecule has 0 saturated carbocycles. The molecule has 0 amide bonds. The first-order valence-electron chi connectivity index (χ1n) is 18.9. The molecular weight excluding hydrogens is 717 g/mol. The van der Waals surface area contributed by atoms with Gasteiger partial charge in [-0.1, -0.05) is 170 Å². The molecule has 57 heavy (non-hydrogen) atoms. The van der Waals surface area contributed by atoms with E-state index in [0.717, 1.165) is 72.3 Å². The molecule has 0 radical (unpaired) electrons. The highest BCUT2D eigenvalue weighted by Crippen LogP contribution is 2.45. The van der Waals surface area contributed by atoms with E-state index in [1.165, 1.54) is 20.2 Å². The number of hydrogen-bond donors (Lipinski definition) is 1. The number of rotatable bonds is 7. The van der Waals surface area contributed by atoms with Crippen molar-refractivity contribution in [1.29, 1.82) is 0 Å². The lowest BCUT2D eigenvalue weighted by Crippen LogP contribution is -1.99. The van der Waals surface area contributed by atoms with E-state index in [1.807, 2.05) is 66.7 Å². The van der Waals surface area contributed by atoms with Gasteiger partial charge in [0.1, 0.15) is 5.58 Å². The van der Waals surface area contributed by atoms with Crippen LogP contribution in [0.5, 0.6) is 0 Å². The zero-order valence-corrected chi connectivity index (χ0v) is 31.4. The highest BCUT2D eigenvalue weighted by molar-refractivity contribution is 7.26. The van der Waals surface area contributed by atoms with Gasteiger partial charge in [-0.2, -0.15) is 0 Å². The highest BCUT2D eigenvalue weighted by Gasteiger charge is 2.19. The molecule has 0 aliphatic heterocycles. The number of anilines is 2. The van der Waals surface area contributed by atoms with Crippen molar-refractivity contribution in [3.63, 3.8) is 0 Å². The molecule has 0 saturated heterocycles. The second-order valence-corrected chi connectivity index (χ2v) is 15.1.